The summed E-state index contributed by atoms with van der Waals surface area (Å²) in [6.45, 7) is 2.43. The summed E-state index contributed by atoms with van der Waals surface area (Å²) >= 11 is 1.95. The van der Waals surface area contributed by atoms with Gasteiger partial charge in [0.15, 0.2) is 7.14 Å². The molecule has 0 aliphatic carbocycles. The Hall–Kier alpha value is -5.73. The van der Waals surface area contributed by atoms with Gasteiger partial charge in [0.2, 0.25) is 0 Å². The lowest BCUT2D eigenvalue weighted by Crippen LogP contribution is -2.41. The second-order valence-electron chi connectivity index (χ2n) is 14.3. The molecule has 258 valence electrons. The van der Waals surface area contributed by atoms with Crippen molar-refractivity contribution in [2.75, 3.05) is 0 Å². The van der Waals surface area contributed by atoms with Gasteiger partial charge in [-0.25, -0.2) is 0 Å². The largest absolute Gasteiger partial charge is 0.309 e. The fourth-order valence-corrected chi connectivity index (χ4v) is 12.9. The maximum absolute atomic E-state index is 14.9. The van der Waals surface area contributed by atoms with Crippen LogP contribution in [0.5, 0.6) is 0 Å². The topological polar surface area (TPSA) is 29.4 Å². The minimum atomic E-state index is -3.03. The molecule has 0 fully saturated rings. The second kappa shape index (κ2) is 13.0. The van der Waals surface area contributed by atoms with Gasteiger partial charge in [-0.05, 0) is 63.2 Å². The lowest BCUT2D eigenvalue weighted by Gasteiger charge is -2.39. The first-order chi connectivity index (χ1) is 26.5. The van der Waals surface area contributed by atoms with Crippen molar-refractivity contribution in [2.24, 2.45) is 4.99 Å². The van der Waals surface area contributed by atoms with Gasteiger partial charge in [0, 0.05) is 31.8 Å². The molecule has 2 aliphatic heterocycles. The average Bonchev–Trinajstić information content (AvgIpc) is 3.56. The maximum Gasteiger partial charge on any atom is 0.171 e. The molecule has 0 saturated heterocycles. The van der Waals surface area contributed by atoms with Crippen LogP contribution in [0.25, 0.3) is 33.0 Å². The zero-order valence-corrected chi connectivity index (χ0v) is 31.5. The van der Waals surface area contributed by atoms with E-state index in [0.29, 0.717) is 0 Å². The third-order valence-electron chi connectivity index (χ3n) is 11.3. The van der Waals surface area contributed by atoms with Crippen molar-refractivity contribution < 1.29 is 4.57 Å². The van der Waals surface area contributed by atoms with Gasteiger partial charge in [-0.2, -0.15) is 0 Å². The van der Waals surface area contributed by atoms with E-state index in [0.717, 1.165) is 38.4 Å². The zero-order valence-electron chi connectivity index (χ0n) is 29.8. The highest BCUT2D eigenvalue weighted by atomic mass is 32.2. The molecular weight excluding hydrogens is 694 g/mol. The number of hydrogen-bond acceptors (Lipinski definition) is 3. The quantitative estimate of drug-likeness (QED) is 0.160. The Labute approximate surface area is 320 Å². The van der Waals surface area contributed by atoms with Crippen molar-refractivity contribution in [1.29, 1.82) is 0 Å². The summed E-state index contributed by atoms with van der Waals surface area (Å²) in [7, 11) is -3.03. The lowest BCUT2D eigenvalue weighted by molar-refractivity contribution is 0.592. The summed E-state index contributed by atoms with van der Waals surface area (Å²) in [5.74, 6) is 0. The van der Waals surface area contributed by atoms with Gasteiger partial charge in [-0.3, -0.25) is 4.99 Å². The minimum absolute atomic E-state index is 0.120. The van der Waals surface area contributed by atoms with Gasteiger partial charge < -0.3 is 4.57 Å². The van der Waals surface area contributed by atoms with Crippen LogP contribution in [0.4, 0.5) is 5.69 Å². The smallest absolute Gasteiger partial charge is 0.171 e. The fraction of sp³-hybridized carbons (Fsp3) is 0.0600. The summed E-state index contributed by atoms with van der Waals surface area (Å²) in [6, 6.07) is 67.7. The molecule has 10 rings (SSSR count). The van der Waals surface area contributed by atoms with Gasteiger partial charge in [-0.15, -0.1) is 11.8 Å². The molecule has 8 aromatic carbocycles. The molecule has 0 N–H and O–H groups in total. The maximum atomic E-state index is 14.9. The molecule has 2 aliphatic rings. The highest BCUT2D eigenvalue weighted by Gasteiger charge is 2.52. The molecular formula is C50H36NOPS. The number of hydrogen-bond donors (Lipinski definition) is 0. The van der Waals surface area contributed by atoms with Gasteiger partial charge in [-0.1, -0.05) is 182 Å². The van der Waals surface area contributed by atoms with Crippen LogP contribution in [0.2, 0.25) is 0 Å². The molecule has 0 radical (unpaired) electrons. The Morgan fingerprint density at radius 3 is 1.78 bits per heavy atom. The zero-order chi connectivity index (χ0) is 36.3. The first-order valence-corrected chi connectivity index (χ1v) is 21.0. The van der Waals surface area contributed by atoms with E-state index >= 15 is 0 Å². The molecule has 54 heavy (non-hydrogen) atoms. The van der Waals surface area contributed by atoms with Crippen molar-refractivity contribution in [3.63, 3.8) is 0 Å². The van der Waals surface area contributed by atoms with Gasteiger partial charge in [0.25, 0.3) is 0 Å². The molecule has 4 heteroatoms. The summed E-state index contributed by atoms with van der Waals surface area (Å²) in [5.41, 5.74) is 10.3. The normalized spacial score (nSPS) is 17.4. The van der Waals surface area contributed by atoms with Gasteiger partial charge in [0.1, 0.15) is 0 Å². The molecule has 0 bridgehead atoms. The van der Waals surface area contributed by atoms with Crippen molar-refractivity contribution in [1.82, 2.24) is 0 Å². The van der Waals surface area contributed by atoms with Crippen LogP contribution in [0.3, 0.4) is 0 Å². The Kier molecular flexibility index (Phi) is 7.91. The Morgan fingerprint density at radius 1 is 0.519 bits per heavy atom. The van der Waals surface area contributed by atoms with Crippen molar-refractivity contribution in [3.8, 4) is 22.3 Å². The lowest BCUT2D eigenvalue weighted by atomic mass is 9.67. The number of fused-ring (bicyclic) bond motifs is 6. The molecule has 8 aromatic rings. The predicted octanol–water partition coefficient (Wildman–Crippen LogP) is 11.7. The number of aliphatic imine (C=N–C) groups is 1. The van der Waals surface area contributed by atoms with Crippen LogP contribution < -0.4 is 15.9 Å². The van der Waals surface area contributed by atoms with Crippen LogP contribution in [0.1, 0.15) is 23.6 Å². The third kappa shape index (κ3) is 5.11. The number of thioether (sulfide) groups is 1. The summed E-state index contributed by atoms with van der Waals surface area (Å²) in [6.07, 6.45) is 0. The number of benzene rings is 8. The van der Waals surface area contributed by atoms with E-state index in [4.69, 9.17) is 4.99 Å². The van der Waals surface area contributed by atoms with Crippen LogP contribution >= 0.6 is 18.9 Å². The first-order valence-electron chi connectivity index (χ1n) is 18.4. The van der Waals surface area contributed by atoms with Crippen molar-refractivity contribution in [2.45, 2.75) is 22.5 Å². The predicted molar refractivity (Wildman–Crippen MR) is 229 cm³/mol. The van der Waals surface area contributed by atoms with Gasteiger partial charge >= 0.3 is 0 Å². The summed E-state index contributed by atoms with van der Waals surface area (Å²) in [5, 5.41) is 5.10. The molecule has 2 heterocycles. The van der Waals surface area contributed by atoms with E-state index in [1.54, 1.807) is 0 Å². The Bertz CT molecular complexity index is 2730. The fourth-order valence-electron chi connectivity index (χ4n) is 8.67. The standard InChI is InChI=1S/C50H36NOPS/c1-50-44-23-10-11-25-46(44)54-49(50)48(43-22-12-15-36-14-8-9-20-41(36)43)51-45-24-13-21-42(47(45)50)37-28-26-34(27-29-37)35-30-32-40(33-31-35)53(52,38-16-4-2-5-17-38)39-18-6-3-7-19-39/h2-33,49H,1H3. The SMILES string of the molecule is CC12c3ccccc3SC1C(c1cccc3ccccc13)=Nc1cccc(-c3ccc(-c4ccc(P(=O)(c5ccccc5)c5ccccc5)cc4)cc3)c12. The van der Waals surface area contributed by atoms with E-state index < -0.39 is 7.14 Å². The molecule has 0 saturated carbocycles. The van der Waals surface area contributed by atoms with Gasteiger partial charge in [0.05, 0.1) is 16.6 Å². The van der Waals surface area contributed by atoms with E-state index in [2.05, 4.69) is 128 Å². The molecule has 2 unspecified atom stereocenters. The van der Waals surface area contributed by atoms with E-state index in [-0.39, 0.29) is 10.7 Å². The molecule has 0 aromatic heterocycles. The van der Waals surface area contributed by atoms with E-state index in [9.17, 15) is 4.57 Å². The van der Waals surface area contributed by atoms with E-state index in [1.165, 1.54) is 43.5 Å². The molecule has 2 atom stereocenters. The monoisotopic (exact) mass is 729 g/mol. The summed E-state index contributed by atoms with van der Waals surface area (Å²) in [4.78, 5) is 6.86. The Morgan fingerprint density at radius 2 is 1.06 bits per heavy atom. The van der Waals surface area contributed by atoms with Crippen LogP contribution in [-0.4, -0.2) is 11.0 Å². The van der Waals surface area contributed by atoms with Crippen molar-refractivity contribution >= 4 is 57.0 Å². The second-order valence-corrected chi connectivity index (χ2v) is 18.2. The third-order valence-corrected chi connectivity index (χ3v) is 15.9. The number of nitrogens with zero attached hydrogens (tertiary/aromatic N) is 1. The molecule has 0 amide bonds. The average molecular weight is 730 g/mol. The van der Waals surface area contributed by atoms with Crippen molar-refractivity contribution in [3.05, 3.63) is 211 Å². The molecule has 0 spiro atoms. The highest BCUT2D eigenvalue weighted by molar-refractivity contribution is 8.01. The first kappa shape index (κ1) is 32.9. The van der Waals surface area contributed by atoms with E-state index in [1.807, 2.05) is 84.6 Å². The highest BCUT2D eigenvalue weighted by Crippen LogP contribution is 2.60. The summed E-state index contributed by atoms with van der Waals surface area (Å²) < 4.78 is 14.9. The Balaban J connectivity index is 1.05. The van der Waals surface area contributed by atoms with Crippen LogP contribution in [0.15, 0.2) is 204 Å². The molecule has 2 nitrogen and oxygen atoms in total. The van der Waals surface area contributed by atoms with Crippen LogP contribution in [-0.2, 0) is 9.98 Å². The van der Waals surface area contributed by atoms with Crippen LogP contribution in [0, 0.1) is 0 Å². The minimum Gasteiger partial charge on any atom is -0.309 e. The number of rotatable bonds is 6.